The first kappa shape index (κ1) is 13.4. The van der Waals surface area contributed by atoms with Gasteiger partial charge < -0.3 is 10.5 Å². The van der Waals surface area contributed by atoms with E-state index in [2.05, 4.69) is 0 Å². The third kappa shape index (κ3) is 2.93. The van der Waals surface area contributed by atoms with E-state index < -0.39 is 5.97 Å². The van der Waals surface area contributed by atoms with Crippen LogP contribution in [0.4, 0.5) is 0 Å². The Labute approximate surface area is 101 Å². The van der Waals surface area contributed by atoms with Gasteiger partial charge >= 0.3 is 5.97 Å². The molecule has 0 radical (unpaired) electrons. The first-order valence-corrected chi connectivity index (χ1v) is 5.07. The van der Waals surface area contributed by atoms with E-state index in [4.69, 9.17) is 20.2 Å². The topological polar surface area (TPSA) is 60.3 Å². The molecule has 0 aliphatic carbocycles. The van der Waals surface area contributed by atoms with Gasteiger partial charge in [-0.2, -0.15) is 9.78 Å². The van der Waals surface area contributed by atoms with Gasteiger partial charge in [-0.15, -0.1) is 12.4 Å². The molecule has 1 unspecified atom stereocenters. The van der Waals surface area contributed by atoms with Crippen LogP contribution in [-0.4, -0.2) is 18.6 Å². The number of rotatable bonds is 5. The Morgan fingerprint density at radius 2 is 1.94 bits per heavy atom. The summed E-state index contributed by atoms with van der Waals surface area (Å²) < 4.78 is 5.30. The smallest absolute Gasteiger partial charge is 0.323 e. The predicted octanol–water partition coefficient (Wildman–Crippen LogP) is 1.63. The van der Waals surface area contributed by atoms with E-state index in [1.54, 1.807) is 0 Å². The van der Waals surface area contributed by atoms with Crippen molar-refractivity contribution in [3.8, 4) is 0 Å². The maximum Gasteiger partial charge on any atom is 0.355 e. The molecule has 0 amide bonds. The number of hydrogen-bond donors (Lipinski definition) is 1. The van der Waals surface area contributed by atoms with Gasteiger partial charge in [-0.05, 0) is 18.9 Å². The highest BCUT2D eigenvalue weighted by molar-refractivity contribution is 5.85. The molecule has 1 aliphatic rings. The van der Waals surface area contributed by atoms with Crippen LogP contribution in [0.1, 0.15) is 12.5 Å². The molecule has 0 saturated carbocycles. The van der Waals surface area contributed by atoms with Crippen molar-refractivity contribution in [1.82, 2.24) is 0 Å². The van der Waals surface area contributed by atoms with Gasteiger partial charge in [0.15, 0.2) is 0 Å². The lowest BCUT2D eigenvalue weighted by atomic mass is 10.1. The average molecular weight is 246 g/mol. The van der Waals surface area contributed by atoms with Crippen molar-refractivity contribution >= 4 is 12.4 Å². The Hall–Kier alpha value is -0.650. The summed E-state index contributed by atoms with van der Waals surface area (Å²) in [4.78, 5) is 9.65. The summed E-state index contributed by atoms with van der Waals surface area (Å²) in [5, 5.41) is 0. The van der Waals surface area contributed by atoms with Gasteiger partial charge in [-0.1, -0.05) is 30.3 Å². The molecule has 0 bridgehead atoms. The summed E-state index contributed by atoms with van der Waals surface area (Å²) in [6.45, 7) is 2.39. The van der Waals surface area contributed by atoms with Crippen LogP contribution in [0.2, 0.25) is 0 Å². The zero-order chi connectivity index (χ0) is 10.7. The van der Waals surface area contributed by atoms with Crippen LogP contribution in [0, 0.1) is 0 Å². The molecular formula is C11H16ClNO3. The highest BCUT2D eigenvalue weighted by atomic mass is 35.5. The third-order valence-corrected chi connectivity index (χ3v) is 2.35. The first-order valence-electron chi connectivity index (χ1n) is 5.07. The molecule has 1 atom stereocenters. The van der Waals surface area contributed by atoms with Gasteiger partial charge in [0.2, 0.25) is 0 Å². The van der Waals surface area contributed by atoms with E-state index >= 15 is 0 Å². The number of hydrogen-bond acceptors (Lipinski definition) is 4. The molecule has 1 aliphatic heterocycles. The Balaban J connectivity index is 0.00000128. The van der Waals surface area contributed by atoms with Crippen molar-refractivity contribution in [1.29, 1.82) is 0 Å². The van der Waals surface area contributed by atoms with Crippen LogP contribution in [0.25, 0.3) is 0 Å². The molecule has 1 aromatic rings. The van der Waals surface area contributed by atoms with E-state index in [1.165, 1.54) is 0 Å². The molecule has 0 aromatic heterocycles. The second-order valence-corrected chi connectivity index (χ2v) is 3.50. The summed E-state index contributed by atoms with van der Waals surface area (Å²) in [6, 6.07) is 9.65. The Morgan fingerprint density at radius 3 is 2.44 bits per heavy atom. The molecular weight excluding hydrogens is 230 g/mol. The fourth-order valence-corrected chi connectivity index (χ4v) is 1.51. The molecule has 16 heavy (non-hydrogen) atoms. The van der Waals surface area contributed by atoms with Crippen molar-refractivity contribution in [2.45, 2.75) is 25.4 Å². The minimum atomic E-state index is -1.01. The minimum absolute atomic E-state index is 0. The maximum atomic E-state index is 5.96. The molecule has 1 aromatic carbocycles. The van der Waals surface area contributed by atoms with Gasteiger partial charge in [-0.25, -0.2) is 0 Å². The molecule has 0 spiro atoms. The van der Waals surface area contributed by atoms with E-state index in [-0.39, 0.29) is 18.4 Å². The fraction of sp³-hybridized carbons (Fsp3) is 0.455. The Morgan fingerprint density at radius 1 is 1.31 bits per heavy atom. The Kier molecular flexibility index (Phi) is 4.70. The third-order valence-electron chi connectivity index (χ3n) is 2.35. The van der Waals surface area contributed by atoms with E-state index in [0.29, 0.717) is 13.0 Å². The standard InChI is InChI=1S/C11H15NO3.ClH/c1-2-13-11(14-15-11)10(12)8-9-6-4-3-5-7-9;/h3-7,10H,2,8,12H2,1H3;1H. The lowest BCUT2D eigenvalue weighted by Crippen LogP contribution is -2.41. The van der Waals surface area contributed by atoms with Crippen molar-refractivity contribution < 1.29 is 14.5 Å². The van der Waals surface area contributed by atoms with Crippen molar-refractivity contribution in [3.63, 3.8) is 0 Å². The normalized spacial score (nSPS) is 18.6. The number of halogens is 1. The van der Waals surface area contributed by atoms with Crippen LogP contribution in [0.5, 0.6) is 0 Å². The first-order chi connectivity index (χ1) is 7.27. The molecule has 4 nitrogen and oxygen atoms in total. The lowest BCUT2D eigenvalue weighted by Gasteiger charge is -2.15. The van der Waals surface area contributed by atoms with Crippen LogP contribution >= 0.6 is 12.4 Å². The van der Waals surface area contributed by atoms with E-state index in [0.717, 1.165) is 5.56 Å². The predicted molar refractivity (Wildman–Crippen MR) is 61.9 cm³/mol. The van der Waals surface area contributed by atoms with Crippen LogP contribution in [0.15, 0.2) is 30.3 Å². The van der Waals surface area contributed by atoms with E-state index in [1.807, 2.05) is 37.3 Å². The number of nitrogens with two attached hydrogens (primary N) is 1. The van der Waals surface area contributed by atoms with Gasteiger partial charge in [-0.3, -0.25) is 0 Å². The minimum Gasteiger partial charge on any atom is -0.323 e. The second kappa shape index (κ2) is 5.61. The second-order valence-electron chi connectivity index (χ2n) is 3.50. The number of benzene rings is 1. The molecule has 5 heteroatoms. The van der Waals surface area contributed by atoms with Crippen molar-refractivity contribution in [3.05, 3.63) is 35.9 Å². The largest absolute Gasteiger partial charge is 0.355 e. The zero-order valence-corrected chi connectivity index (χ0v) is 9.91. The summed E-state index contributed by atoms with van der Waals surface area (Å²) >= 11 is 0. The summed E-state index contributed by atoms with van der Waals surface area (Å²) in [6.07, 6.45) is 0.668. The molecule has 1 saturated heterocycles. The average Bonchev–Trinajstić information content (AvgIpc) is 3.01. The summed E-state index contributed by atoms with van der Waals surface area (Å²) in [5.74, 6) is -1.01. The molecule has 90 valence electrons. The highest BCUT2D eigenvalue weighted by Crippen LogP contribution is 2.34. The maximum absolute atomic E-state index is 5.96. The van der Waals surface area contributed by atoms with E-state index in [9.17, 15) is 0 Å². The molecule has 1 fully saturated rings. The van der Waals surface area contributed by atoms with Crippen molar-refractivity contribution in [2.75, 3.05) is 6.61 Å². The van der Waals surface area contributed by atoms with Crippen LogP contribution < -0.4 is 5.73 Å². The monoisotopic (exact) mass is 245 g/mol. The van der Waals surface area contributed by atoms with Gasteiger partial charge in [0.05, 0.1) is 6.04 Å². The molecule has 2 rings (SSSR count). The van der Waals surface area contributed by atoms with Crippen LogP contribution in [-0.2, 0) is 20.9 Å². The summed E-state index contributed by atoms with van der Waals surface area (Å²) in [5.41, 5.74) is 7.10. The van der Waals surface area contributed by atoms with Crippen molar-refractivity contribution in [2.24, 2.45) is 5.73 Å². The molecule has 1 heterocycles. The fourth-order valence-electron chi connectivity index (χ4n) is 1.51. The quantitative estimate of drug-likeness (QED) is 0.633. The number of ether oxygens (including phenoxy) is 1. The highest BCUT2D eigenvalue weighted by Gasteiger charge is 2.56. The summed E-state index contributed by atoms with van der Waals surface area (Å²) in [7, 11) is 0. The SMILES string of the molecule is CCOC1(C(N)Cc2ccccc2)OO1.Cl. The lowest BCUT2D eigenvalue weighted by molar-refractivity contribution is -0.0663. The Bertz CT molecular complexity index is 316. The molecule has 2 N–H and O–H groups in total. The van der Waals surface area contributed by atoms with Gasteiger partial charge in [0.25, 0.3) is 0 Å². The van der Waals surface area contributed by atoms with Gasteiger partial charge in [0, 0.05) is 6.61 Å². The van der Waals surface area contributed by atoms with Crippen LogP contribution in [0.3, 0.4) is 0 Å². The zero-order valence-electron chi connectivity index (χ0n) is 9.09. The van der Waals surface area contributed by atoms with Gasteiger partial charge in [0.1, 0.15) is 0 Å².